The summed E-state index contributed by atoms with van der Waals surface area (Å²) < 4.78 is 0. The number of halogens is 2. The number of nitrogens with zero attached hydrogens (tertiary/aromatic N) is 1. The topological polar surface area (TPSA) is 61.4 Å². The number of carbonyl (C=O) groups is 2. The van der Waals surface area contributed by atoms with Crippen LogP contribution in [-0.2, 0) is 4.79 Å². The normalized spacial score (nSPS) is 20.0. The third-order valence-electron chi connectivity index (χ3n) is 5.29. The summed E-state index contributed by atoms with van der Waals surface area (Å²) in [5.41, 5.74) is 0.890. The van der Waals surface area contributed by atoms with Crippen LogP contribution >= 0.6 is 24.0 Å². The number of amides is 2. The van der Waals surface area contributed by atoms with Crippen LogP contribution in [0, 0.1) is 5.41 Å². The molecule has 0 aromatic heterocycles. The van der Waals surface area contributed by atoms with Crippen molar-refractivity contribution in [1.82, 2.24) is 15.5 Å². The molecule has 2 heterocycles. The Bertz CT molecular complexity index is 605. The van der Waals surface area contributed by atoms with Crippen LogP contribution in [0.2, 0.25) is 5.02 Å². The Morgan fingerprint density at radius 3 is 2.40 bits per heavy atom. The maximum atomic E-state index is 12.6. The van der Waals surface area contributed by atoms with E-state index in [0.29, 0.717) is 16.0 Å². The van der Waals surface area contributed by atoms with Crippen molar-refractivity contribution in [3.8, 4) is 0 Å². The summed E-state index contributed by atoms with van der Waals surface area (Å²) in [5.74, 6) is -0.251. The molecule has 2 amide bonds. The molecular weight excluding hydrogens is 361 g/mol. The molecule has 2 N–H and O–H groups in total. The number of piperidine rings is 1. The molecule has 25 heavy (non-hydrogen) atoms. The van der Waals surface area contributed by atoms with Crippen LogP contribution in [0.25, 0.3) is 0 Å². The maximum Gasteiger partial charge on any atom is 0.251 e. The Kier molecular flexibility index (Phi) is 6.72. The van der Waals surface area contributed by atoms with E-state index in [1.54, 1.807) is 31.2 Å². The highest BCUT2D eigenvalue weighted by atomic mass is 35.5. The standard InChI is InChI=1S/C18H24ClN3O2.ClH/c1-13(21-16(23)14-2-4-15(19)5-3-14)17(24)22-10-7-18(8-11-22)6-9-20-12-18;/h2-5,13,20H,6-12H2,1H3,(H,21,23);1H. The van der Waals surface area contributed by atoms with Crippen molar-refractivity contribution in [3.05, 3.63) is 34.9 Å². The Morgan fingerprint density at radius 1 is 1.20 bits per heavy atom. The number of hydrogen-bond acceptors (Lipinski definition) is 3. The number of carbonyl (C=O) groups excluding carboxylic acids is 2. The fourth-order valence-electron chi connectivity index (χ4n) is 3.64. The van der Waals surface area contributed by atoms with Gasteiger partial charge in [-0.2, -0.15) is 0 Å². The van der Waals surface area contributed by atoms with Crippen molar-refractivity contribution in [2.45, 2.75) is 32.2 Å². The molecule has 3 rings (SSSR count). The molecule has 138 valence electrons. The smallest absolute Gasteiger partial charge is 0.251 e. The summed E-state index contributed by atoms with van der Waals surface area (Å²) in [6.45, 7) is 5.46. The average Bonchev–Trinajstić information content (AvgIpc) is 3.03. The van der Waals surface area contributed by atoms with Gasteiger partial charge < -0.3 is 15.5 Å². The van der Waals surface area contributed by atoms with E-state index >= 15 is 0 Å². The van der Waals surface area contributed by atoms with Gasteiger partial charge in [0.25, 0.3) is 5.91 Å². The molecular formula is C18H25Cl2N3O2. The number of benzene rings is 1. The van der Waals surface area contributed by atoms with E-state index < -0.39 is 6.04 Å². The molecule has 5 nitrogen and oxygen atoms in total. The van der Waals surface area contributed by atoms with Crippen molar-refractivity contribution in [2.75, 3.05) is 26.2 Å². The van der Waals surface area contributed by atoms with Crippen molar-refractivity contribution >= 4 is 35.8 Å². The number of nitrogens with one attached hydrogen (secondary N) is 2. The molecule has 0 radical (unpaired) electrons. The van der Waals surface area contributed by atoms with Gasteiger partial charge in [0.2, 0.25) is 5.91 Å². The van der Waals surface area contributed by atoms with Crippen LogP contribution in [0.3, 0.4) is 0 Å². The molecule has 1 aromatic rings. The molecule has 0 bridgehead atoms. The van der Waals surface area contributed by atoms with Gasteiger partial charge in [-0.15, -0.1) is 12.4 Å². The number of hydrogen-bond donors (Lipinski definition) is 2. The summed E-state index contributed by atoms with van der Waals surface area (Å²) in [4.78, 5) is 26.7. The monoisotopic (exact) mass is 385 g/mol. The van der Waals surface area contributed by atoms with Gasteiger partial charge in [0.15, 0.2) is 0 Å². The van der Waals surface area contributed by atoms with Crippen molar-refractivity contribution < 1.29 is 9.59 Å². The first kappa shape index (κ1) is 20.0. The quantitative estimate of drug-likeness (QED) is 0.839. The van der Waals surface area contributed by atoms with Crippen LogP contribution in [0.1, 0.15) is 36.5 Å². The predicted molar refractivity (Wildman–Crippen MR) is 101 cm³/mol. The Labute approximate surface area is 159 Å². The summed E-state index contributed by atoms with van der Waals surface area (Å²) in [6, 6.07) is 6.13. The van der Waals surface area contributed by atoms with Crippen molar-refractivity contribution in [3.63, 3.8) is 0 Å². The lowest BCUT2D eigenvalue weighted by Gasteiger charge is -2.39. The highest BCUT2D eigenvalue weighted by Gasteiger charge is 2.38. The molecule has 0 aliphatic carbocycles. The van der Waals surface area contributed by atoms with E-state index in [1.807, 2.05) is 4.90 Å². The Balaban J connectivity index is 0.00000225. The van der Waals surface area contributed by atoms with Gasteiger partial charge in [-0.05, 0) is 62.4 Å². The highest BCUT2D eigenvalue weighted by molar-refractivity contribution is 6.30. The second kappa shape index (κ2) is 8.39. The fourth-order valence-corrected chi connectivity index (χ4v) is 3.77. The summed E-state index contributed by atoms with van der Waals surface area (Å²) in [6.07, 6.45) is 3.30. The number of likely N-dealkylation sites (tertiary alicyclic amines) is 1. The molecule has 2 aliphatic rings. The highest BCUT2D eigenvalue weighted by Crippen LogP contribution is 2.36. The van der Waals surface area contributed by atoms with E-state index in [4.69, 9.17) is 11.6 Å². The van der Waals surface area contributed by atoms with Crippen LogP contribution in [-0.4, -0.2) is 48.9 Å². The molecule has 1 aromatic carbocycles. The lowest BCUT2D eigenvalue weighted by molar-refractivity contribution is -0.135. The van der Waals surface area contributed by atoms with E-state index in [-0.39, 0.29) is 24.2 Å². The lowest BCUT2D eigenvalue weighted by Crippen LogP contribution is -2.51. The molecule has 2 saturated heterocycles. The van der Waals surface area contributed by atoms with Crippen molar-refractivity contribution in [1.29, 1.82) is 0 Å². The SMILES string of the molecule is CC(NC(=O)c1ccc(Cl)cc1)C(=O)N1CCC2(CCNC2)CC1.Cl. The first-order valence-corrected chi connectivity index (χ1v) is 8.93. The largest absolute Gasteiger partial charge is 0.341 e. The average molecular weight is 386 g/mol. The Morgan fingerprint density at radius 2 is 1.84 bits per heavy atom. The molecule has 1 spiro atoms. The van der Waals surface area contributed by atoms with Crippen LogP contribution in [0.5, 0.6) is 0 Å². The third-order valence-corrected chi connectivity index (χ3v) is 5.54. The molecule has 2 fully saturated rings. The van der Waals surface area contributed by atoms with Gasteiger partial charge in [-0.25, -0.2) is 0 Å². The Hall–Kier alpha value is -1.30. The fraction of sp³-hybridized carbons (Fsp3) is 0.556. The van der Waals surface area contributed by atoms with Gasteiger partial charge in [0.1, 0.15) is 6.04 Å². The second-order valence-corrected chi connectivity index (χ2v) is 7.39. The molecule has 1 unspecified atom stereocenters. The molecule has 1 atom stereocenters. The second-order valence-electron chi connectivity index (χ2n) is 6.95. The third kappa shape index (κ3) is 4.66. The minimum Gasteiger partial charge on any atom is -0.341 e. The van der Waals surface area contributed by atoms with Crippen LogP contribution in [0.15, 0.2) is 24.3 Å². The summed E-state index contributed by atoms with van der Waals surface area (Å²) >= 11 is 5.83. The van der Waals surface area contributed by atoms with Crippen LogP contribution in [0.4, 0.5) is 0 Å². The first-order valence-electron chi connectivity index (χ1n) is 8.55. The summed E-state index contributed by atoms with van der Waals surface area (Å²) in [5, 5.41) is 6.80. The maximum absolute atomic E-state index is 12.6. The van der Waals surface area contributed by atoms with Crippen molar-refractivity contribution in [2.24, 2.45) is 5.41 Å². The van der Waals surface area contributed by atoms with Gasteiger partial charge in [-0.3, -0.25) is 9.59 Å². The minimum absolute atomic E-state index is 0. The lowest BCUT2D eigenvalue weighted by atomic mass is 9.78. The van der Waals surface area contributed by atoms with Gasteiger partial charge in [-0.1, -0.05) is 11.6 Å². The van der Waals surface area contributed by atoms with Gasteiger partial charge in [0.05, 0.1) is 0 Å². The van der Waals surface area contributed by atoms with E-state index in [1.165, 1.54) is 6.42 Å². The molecule has 0 saturated carbocycles. The van der Waals surface area contributed by atoms with E-state index in [9.17, 15) is 9.59 Å². The molecule has 2 aliphatic heterocycles. The van der Waals surface area contributed by atoms with Crippen LogP contribution < -0.4 is 10.6 Å². The van der Waals surface area contributed by atoms with Gasteiger partial charge >= 0.3 is 0 Å². The molecule has 7 heteroatoms. The minimum atomic E-state index is -0.524. The first-order chi connectivity index (χ1) is 11.5. The zero-order valence-corrected chi connectivity index (χ0v) is 16.0. The summed E-state index contributed by atoms with van der Waals surface area (Å²) in [7, 11) is 0. The zero-order chi connectivity index (χ0) is 17.2. The van der Waals surface area contributed by atoms with E-state index in [2.05, 4.69) is 10.6 Å². The zero-order valence-electron chi connectivity index (χ0n) is 14.4. The van der Waals surface area contributed by atoms with Gasteiger partial charge in [0, 0.05) is 30.2 Å². The number of rotatable bonds is 3. The van der Waals surface area contributed by atoms with E-state index in [0.717, 1.165) is 39.0 Å². The predicted octanol–water partition coefficient (Wildman–Crippen LogP) is 2.48.